The Morgan fingerprint density at radius 2 is 2.16 bits per heavy atom. The zero-order valence-corrected chi connectivity index (χ0v) is 11.5. The van der Waals surface area contributed by atoms with Gasteiger partial charge in [-0.25, -0.2) is 9.18 Å². The standard InChI is InChI=1S/C14H17ClFNO2/c1-19-14(18)13(17-10-4-2-3-5-10)9-6-7-11(15)12(16)8-9/h6-8,10,13,17H,2-5H2,1H3. The van der Waals surface area contributed by atoms with Crippen LogP contribution in [0.25, 0.3) is 0 Å². The summed E-state index contributed by atoms with van der Waals surface area (Å²) < 4.78 is 18.3. The van der Waals surface area contributed by atoms with Crippen LogP contribution in [0.4, 0.5) is 4.39 Å². The van der Waals surface area contributed by atoms with Crippen molar-refractivity contribution in [1.82, 2.24) is 5.32 Å². The average molecular weight is 286 g/mol. The summed E-state index contributed by atoms with van der Waals surface area (Å²) in [7, 11) is 1.33. The molecule has 1 N–H and O–H groups in total. The molecule has 0 aromatic heterocycles. The third kappa shape index (κ3) is 3.45. The number of methoxy groups -OCH3 is 1. The quantitative estimate of drug-likeness (QED) is 0.863. The van der Waals surface area contributed by atoms with Gasteiger partial charge in [-0.3, -0.25) is 5.32 Å². The van der Waals surface area contributed by atoms with Crippen molar-refractivity contribution in [2.24, 2.45) is 0 Å². The number of nitrogens with one attached hydrogen (secondary N) is 1. The van der Waals surface area contributed by atoms with Crippen LogP contribution in [0.1, 0.15) is 37.3 Å². The van der Waals surface area contributed by atoms with E-state index >= 15 is 0 Å². The van der Waals surface area contributed by atoms with Gasteiger partial charge >= 0.3 is 5.97 Å². The molecule has 0 saturated heterocycles. The van der Waals surface area contributed by atoms with E-state index in [1.54, 1.807) is 6.07 Å². The lowest BCUT2D eigenvalue weighted by molar-refractivity contribution is -0.143. The molecule has 0 amide bonds. The molecule has 0 heterocycles. The first-order chi connectivity index (χ1) is 9.11. The minimum atomic E-state index is -0.639. The third-order valence-corrected chi connectivity index (χ3v) is 3.78. The Bertz CT molecular complexity index is 461. The highest BCUT2D eigenvalue weighted by Gasteiger charge is 2.26. The number of esters is 1. The summed E-state index contributed by atoms with van der Waals surface area (Å²) in [4.78, 5) is 11.9. The molecule has 1 atom stereocenters. The summed E-state index contributed by atoms with van der Waals surface area (Å²) in [5.41, 5.74) is 0.542. The van der Waals surface area contributed by atoms with E-state index in [2.05, 4.69) is 5.32 Å². The number of carbonyl (C=O) groups is 1. The molecular formula is C14H17ClFNO2. The van der Waals surface area contributed by atoms with Crippen molar-refractivity contribution in [3.8, 4) is 0 Å². The fourth-order valence-corrected chi connectivity index (χ4v) is 2.56. The van der Waals surface area contributed by atoms with Gasteiger partial charge in [-0.15, -0.1) is 0 Å². The largest absolute Gasteiger partial charge is 0.468 e. The molecule has 1 aromatic carbocycles. The van der Waals surface area contributed by atoms with Gasteiger partial charge in [0.15, 0.2) is 0 Å². The zero-order chi connectivity index (χ0) is 13.8. The van der Waals surface area contributed by atoms with Crippen LogP contribution in [0, 0.1) is 5.82 Å². The monoisotopic (exact) mass is 285 g/mol. The lowest BCUT2D eigenvalue weighted by atomic mass is 10.1. The molecule has 3 nitrogen and oxygen atoms in total. The Balaban J connectivity index is 2.20. The lowest BCUT2D eigenvalue weighted by Gasteiger charge is -2.21. The highest BCUT2D eigenvalue weighted by atomic mass is 35.5. The number of ether oxygens (including phenoxy) is 1. The molecule has 0 radical (unpaired) electrons. The molecule has 5 heteroatoms. The van der Waals surface area contributed by atoms with E-state index in [0.717, 1.165) is 25.7 Å². The minimum absolute atomic E-state index is 0.0493. The molecule has 1 aliphatic rings. The molecular weight excluding hydrogens is 269 g/mol. The van der Waals surface area contributed by atoms with Gasteiger partial charge in [0.25, 0.3) is 0 Å². The predicted molar refractivity (Wildman–Crippen MR) is 71.6 cm³/mol. The predicted octanol–water partition coefficient (Wildman–Crippen LogP) is 3.23. The SMILES string of the molecule is COC(=O)C(NC1CCCC1)c1ccc(Cl)c(F)c1. The topological polar surface area (TPSA) is 38.3 Å². The maximum atomic E-state index is 13.5. The summed E-state index contributed by atoms with van der Waals surface area (Å²) >= 11 is 5.66. The first-order valence-electron chi connectivity index (χ1n) is 6.40. The second kappa shape index (κ2) is 6.35. The van der Waals surface area contributed by atoms with E-state index < -0.39 is 17.8 Å². The highest BCUT2D eigenvalue weighted by Crippen LogP contribution is 2.25. The molecule has 1 fully saturated rings. The second-order valence-corrected chi connectivity index (χ2v) is 5.18. The van der Waals surface area contributed by atoms with E-state index in [4.69, 9.17) is 16.3 Å². The number of benzene rings is 1. The summed E-state index contributed by atoms with van der Waals surface area (Å²) in [6.45, 7) is 0. The molecule has 1 saturated carbocycles. The van der Waals surface area contributed by atoms with Gasteiger partial charge in [0.05, 0.1) is 12.1 Å². The zero-order valence-electron chi connectivity index (χ0n) is 10.8. The summed E-state index contributed by atoms with van der Waals surface area (Å²) in [6.07, 6.45) is 4.37. The second-order valence-electron chi connectivity index (χ2n) is 4.78. The lowest BCUT2D eigenvalue weighted by Crippen LogP contribution is -2.36. The van der Waals surface area contributed by atoms with Gasteiger partial charge in [-0.1, -0.05) is 30.5 Å². The molecule has 0 bridgehead atoms. The normalized spacial score (nSPS) is 17.4. The molecule has 1 unspecified atom stereocenters. The number of hydrogen-bond acceptors (Lipinski definition) is 3. The smallest absolute Gasteiger partial charge is 0.327 e. The Hall–Kier alpha value is -1.13. The van der Waals surface area contributed by atoms with E-state index in [-0.39, 0.29) is 11.1 Å². The van der Waals surface area contributed by atoms with Crippen LogP contribution in [-0.2, 0) is 9.53 Å². The molecule has 2 rings (SSSR count). The van der Waals surface area contributed by atoms with Gasteiger partial charge in [-0.2, -0.15) is 0 Å². The molecule has 1 aliphatic carbocycles. The van der Waals surface area contributed by atoms with Crippen molar-refractivity contribution < 1.29 is 13.9 Å². The van der Waals surface area contributed by atoms with Crippen LogP contribution >= 0.6 is 11.6 Å². The van der Waals surface area contributed by atoms with Crippen LogP contribution in [-0.4, -0.2) is 19.1 Å². The summed E-state index contributed by atoms with van der Waals surface area (Å²) in [5.74, 6) is -0.935. The maximum Gasteiger partial charge on any atom is 0.327 e. The van der Waals surface area contributed by atoms with Gasteiger partial charge < -0.3 is 4.74 Å². The summed E-state index contributed by atoms with van der Waals surface area (Å²) in [6, 6.07) is 4.03. The fraction of sp³-hybridized carbons (Fsp3) is 0.500. The van der Waals surface area contributed by atoms with Crippen LogP contribution < -0.4 is 5.32 Å². The third-order valence-electron chi connectivity index (χ3n) is 3.47. The Kier molecular flexibility index (Phi) is 4.77. The van der Waals surface area contributed by atoms with Gasteiger partial charge in [-0.05, 0) is 30.5 Å². The molecule has 1 aromatic rings. The van der Waals surface area contributed by atoms with E-state index in [1.807, 2.05) is 0 Å². The van der Waals surface area contributed by atoms with Crippen LogP contribution in [0.5, 0.6) is 0 Å². The minimum Gasteiger partial charge on any atom is -0.468 e. The summed E-state index contributed by atoms with van der Waals surface area (Å²) in [5, 5.41) is 3.29. The first-order valence-corrected chi connectivity index (χ1v) is 6.78. The number of hydrogen-bond donors (Lipinski definition) is 1. The number of rotatable bonds is 4. The van der Waals surface area contributed by atoms with Crippen molar-refractivity contribution in [3.63, 3.8) is 0 Å². The Morgan fingerprint density at radius 1 is 1.47 bits per heavy atom. The van der Waals surface area contributed by atoms with Crippen LogP contribution in [0.15, 0.2) is 18.2 Å². The van der Waals surface area contributed by atoms with Gasteiger partial charge in [0.2, 0.25) is 0 Å². The number of carbonyl (C=O) groups excluding carboxylic acids is 1. The Labute approximate surface area is 117 Å². The van der Waals surface area contributed by atoms with Crippen molar-refractivity contribution >= 4 is 17.6 Å². The van der Waals surface area contributed by atoms with Crippen molar-refractivity contribution in [3.05, 3.63) is 34.6 Å². The molecule has 0 spiro atoms. The molecule has 19 heavy (non-hydrogen) atoms. The van der Waals surface area contributed by atoms with Crippen molar-refractivity contribution in [2.45, 2.75) is 37.8 Å². The maximum absolute atomic E-state index is 13.5. The van der Waals surface area contributed by atoms with Gasteiger partial charge in [0.1, 0.15) is 11.9 Å². The van der Waals surface area contributed by atoms with E-state index in [0.29, 0.717) is 5.56 Å². The van der Waals surface area contributed by atoms with Crippen molar-refractivity contribution in [1.29, 1.82) is 0 Å². The van der Waals surface area contributed by atoms with Crippen LogP contribution in [0.2, 0.25) is 5.02 Å². The first kappa shape index (κ1) is 14.3. The van der Waals surface area contributed by atoms with Crippen molar-refractivity contribution in [2.75, 3.05) is 7.11 Å². The van der Waals surface area contributed by atoms with Crippen LogP contribution in [0.3, 0.4) is 0 Å². The Morgan fingerprint density at radius 3 is 2.74 bits per heavy atom. The molecule has 104 valence electrons. The average Bonchev–Trinajstić information content (AvgIpc) is 2.91. The molecule has 0 aliphatic heterocycles. The van der Waals surface area contributed by atoms with E-state index in [9.17, 15) is 9.18 Å². The highest BCUT2D eigenvalue weighted by molar-refractivity contribution is 6.30. The van der Waals surface area contributed by atoms with Gasteiger partial charge in [0, 0.05) is 6.04 Å². The number of halogens is 2. The van der Waals surface area contributed by atoms with E-state index in [1.165, 1.54) is 19.2 Å². The fourth-order valence-electron chi connectivity index (χ4n) is 2.44.